The number of amides is 1. The minimum absolute atomic E-state index is 0.00135. The van der Waals surface area contributed by atoms with Crippen LogP contribution in [-0.2, 0) is 6.18 Å². The molecule has 11 heteroatoms. The van der Waals surface area contributed by atoms with Crippen molar-refractivity contribution in [2.24, 2.45) is 4.99 Å². The van der Waals surface area contributed by atoms with Gasteiger partial charge in [0.25, 0.3) is 5.91 Å². The highest BCUT2D eigenvalue weighted by Crippen LogP contribution is 2.32. The molecule has 1 heterocycles. The summed E-state index contributed by atoms with van der Waals surface area (Å²) >= 11 is 0. The average molecular weight is 506 g/mol. The summed E-state index contributed by atoms with van der Waals surface area (Å²) in [6, 6.07) is 3.82. The molecule has 2 aromatic rings. The van der Waals surface area contributed by atoms with E-state index in [1.54, 1.807) is 19.1 Å². The normalized spacial score (nSPS) is 15.3. The number of hydroxylamine groups is 1. The first-order valence-corrected chi connectivity index (χ1v) is 11.3. The number of hydrogen-bond acceptors (Lipinski definition) is 6. The molecule has 1 aliphatic rings. The Labute approximate surface area is 206 Å². The molecule has 7 nitrogen and oxygen atoms in total. The summed E-state index contributed by atoms with van der Waals surface area (Å²) in [6.07, 6.45) is 2.80. The highest BCUT2D eigenvalue weighted by Gasteiger charge is 2.31. The molecule has 3 rings (SSSR count). The van der Waals surface area contributed by atoms with Crippen LogP contribution in [-0.4, -0.2) is 39.1 Å². The predicted octanol–water partition coefficient (Wildman–Crippen LogP) is 5.26. The van der Waals surface area contributed by atoms with Gasteiger partial charge >= 0.3 is 6.18 Å². The van der Waals surface area contributed by atoms with E-state index in [4.69, 9.17) is 0 Å². The van der Waals surface area contributed by atoms with Crippen LogP contribution >= 0.6 is 0 Å². The third kappa shape index (κ3) is 6.98. The lowest BCUT2D eigenvalue weighted by atomic mass is 10.0. The Kier molecular flexibility index (Phi) is 8.59. The van der Waals surface area contributed by atoms with Gasteiger partial charge in [-0.05, 0) is 56.0 Å². The molecule has 36 heavy (non-hydrogen) atoms. The Morgan fingerprint density at radius 1 is 1.31 bits per heavy atom. The van der Waals surface area contributed by atoms with E-state index in [1.165, 1.54) is 18.3 Å². The monoisotopic (exact) mass is 505 g/mol. The zero-order valence-electron chi connectivity index (χ0n) is 19.8. The van der Waals surface area contributed by atoms with Gasteiger partial charge in [0.05, 0.1) is 28.9 Å². The fourth-order valence-corrected chi connectivity index (χ4v) is 3.38. The van der Waals surface area contributed by atoms with Crippen molar-refractivity contribution in [3.05, 3.63) is 78.2 Å². The maximum Gasteiger partial charge on any atom is 0.417 e. The number of aromatic nitrogens is 1. The van der Waals surface area contributed by atoms with Crippen molar-refractivity contribution in [3.63, 3.8) is 0 Å². The molecule has 1 aromatic carbocycles. The maximum atomic E-state index is 14.9. The maximum absolute atomic E-state index is 14.9. The second-order valence-electron chi connectivity index (χ2n) is 8.26. The first-order valence-electron chi connectivity index (χ1n) is 11.3. The van der Waals surface area contributed by atoms with Gasteiger partial charge in [-0.3, -0.25) is 20.4 Å². The van der Waals surface area contributed by atoms with Crippen molar-refractivity contribution in [2.75, 3.05) is 0 Å². The number of alkyl halides is 3. The Hall–Kier alpha value is -3.57. The molecule has 1 amide bonds. The molecule has 0 saturated heterocycles. The molecule has 1 aromatic heterocycles. The summed E-state index contributed by atoms with van der Waals surface area (Å²) in [5.74, 6) is -1.45. The summed E-state index contributed by atoms with van der Waals surface area (Å²) in [7, 11) is 0. The predicted molar refractivity (Wildman–Crippen MR) is 127 cm³/mol. The lowest BCUT2D eigenvalue weighted by Crippen LogP contribution is -2.41. The first-order chi connectivity index (χ1) is 17.0. The molecule has 0 bridgehead atoms. The van der Waals surface area contributed by atoms with E-state index in [1.807, 2.05) is 6.92 Å². The third-order valence-electron chi connectivity index (χ3n) is 5.42. The SMILES string of the molecule is C=C(/N=C(\C=C/C)C(CC)NC(=O)c1ccc(-c2cncc(C(F)(F)F)c2)cc1F)NN(O)C1CC1. The molecule has 1 aliphatic carbocycles. The lowest BCUT2D eigenvalue weighted by Gasteiger charge is -2.20. The zero-order valence-corrected chi connectivity index (χ0v) is 19.8. The van der Waals surface area contributed by atoms with Crippen LogP contribution in [0, 0.1) is 5.82 Å². The second-order valence-corrected chi connectivity index (χ2v) is 8.26. The van der Waals surface area contributed by atoms with Gasteiger partial charge in [0.1, 0.15) is 11.6 Å². The molecule has 0 aliphatic heterocycles. The summed E-state index contributed by atoms with van der Waals surface area (Å²) in [6.45, 7) is 7.35. The largest absolute Gasteiger partial charge is 0.417 e. The number of nitrogens with one attached hydrogen (secondary N) is 2. The Balaban J connectivity index is 1.77. The van der Waals surface area contributed by atoms with Crippen LogP contribution in [0.1, 0.15) is 49.0 Å². The number of aliphatic imine (C=N–C) groups is 1. The van der Waals surface area contributed by atoms with Crippen LogP contribution in [0.2, 0.25) is 0 Å². The molecule has 0 radical (unpaired) electrons. The molecular formula is C25H27F4N5O2. The first kappa shape index (κ1) is 27.0. The zero-order chi connectivity index (χ0) is 26.5. The van der Waals surface area contributed by atoms with E-state index in [0.717, 1.165) is 30.1 Å². The molecule has 1 saturated carbocycles. The van der Waals surface area contributed by atoms with Gasteiger partial charge in [-0.2, -0.15) is 13.2 Å². The molecular weight excluding hydrogens is 478 g/mol. The van der Waals surface area contributed by atoms with Gasteiger partial charge in [-0.25, -0.2) is 9.38 Å². The van der Waals surface area contributed by atoms with Crippen LogP contribution in [0.5, 0.6) is 0 Å². The number of hydrazine groups is 1. The van der Waals surface area contributed by atoms with E-state index in [-0.39, 0.29) is 28.6 Å². The van der Waals surface area contributed by atoms with E-state index in [9.17, 15) is 27.6 Å². The van der Waals surface area contributed by atoms with Gasteiger partial charge in [-0.15, -0.1) is 5.17 Å². The van der Waals surface area contributed by atoms with Gasteiger partial charge in [0, 0.05) is 18.0 Å². The van der Waals surface area contributed by atoms with Crippen LogP contribution in [0.15, 0.2) is 66.2 Å². The number of carbonyl (C=O) groups is 1. The number of halogens is 4. The minimum Gasteiger partial charge on any atom is -0.344 e. The van der Waals surface area contributed by atoms with E-state index in [0.29, 0.717) is 18.3 Å². The third-order valence-corrected chi connectivity index (χ3v) is 5.42. The van der Waals surface area contributed by atoms with Crippen LogP contribution in [0.25, 0.3) is 11.1 Å². The summed E-state index contributed by atoms with van der Waals surface area (Å²) < 4.78 is 53.8. The smallest absolute Gasteiger partial charge is 0.344 e. The minimum atomic E-state index is -4.59. The Morgan fingerprint density at radius 3 is 2.61 bits per heavy atom. The number of pyridine rings is 1. The van der Waals surface area contributed by atoms with Crippen molar-refractivity contribution in [3.8, 4) is 11.1 Å². The molecule has 1 unspecified atom stereocenters. The number of hydrogen-bond donors (Lipinski definition) is 3. The van der Waals surface area contributed by atoms with E-state index in [2.05, 4.69) is 27.3 Å². The summed E-state index contributed by atoms with van der Waals surface area (Å²) in [4.78, 5) is 20.8. The van der Waals surface area contributed by atoms with Gasteiger partial charge in [0.2, 0.25) is 0 Å². The van der Waals surface area contributed by atoms with E-state index < -0.39 is 29.5 Å². The van der Waals surface area contributed by atoms with Crippen molar-refractivity contribution in [1.82, 2.24) is 20.9 Å². The Morgan fingerprint density at radius 2 is 2.03 bits per heavy atom. The number of nitrogens with zero attached hydrogens (tertiary/aromatic N) is 3. The highest BCUT2D eigenvalue weighted by atomic mass is 19.4. The van der Waals surface area contributed by atoms with E-state index >= 15 is 0 Å². The topological polar surface area (TPSA) is 89.8 Å². The van der Waals surface area contributed by atoms with Crippen molar-refractivity contribution in [1.29, 1.82) is 0 Å². The fraction of sp³-hybridized carbons (Fsp3) is 0.320. The molecule has 3 N–H and O–H groups in total. The van der Waals surface area contributed by atoms with Gasteiger partial charge < -0.3 is 5.32 Å². The number of carbonyl (C=O) groups excluding carboxylic acids is 1. The van der Waals surface area contributed by atoms with Crippen LogP contribution < -0.4 is 10.7 Å². The average Bonchev–Trinajstić information content (AvgIpc) is 3.67. The van der Waals surface area contributed by atoms with Crippen LogP contribution in [0.4, 0.5) is 17.6 Å². The summed E-state index contributed by atoms with van der Waals surface area (Å²) in [5, 5.41) is 13.5. The van der Waals surface area contributed by atoms with Crippen molar-refractivity contribution >= 4 is 11.6 Å². The highest BCUT2D eigenvalue weighted by molar-refractivity contribution is 6.04. The van der Waals surface area contributed by atoms with Gasteiger partial charge in [-0.1, -0.05) is 25.6 Å². The molecule has 1 fully saturated rings. The number of rotatable bonds is 10. The fourth-order valence-electron chi connectivity index (χ4n) is 3.38. The lowest BCUT2D eigenvalue weighted by molar-refractivity contribution is -0.137. The second kappa shape index (κ2) is 11.4. The number of allylic oxidation sites excluding steroid dienone is 1. The quantitative estimate of drug-likeness (QED) is 0.233. The summed E-state index contributed by atoms with van der Waals surface area (Å²) in [5.41, 5.74) is 2.08. The molecule has 1 atom stereocenters. The standard InChI is InChI=1S/C25H27F4N5O2/c1-4-6-23(31-15(3)33-34(36)19-8-9-19)22(5-2)32-24(35)20-10-7-16(12-21(20)26)17-11-18(14-30-13-17)25(27,28)29/h4,6-7,10-14,19,22,33,36H,3,5,8-9H2,1-2H3,(H,32,35)/b6-4-,31-23+. The van der Waals surface area contributed by atoms with Crippen molar-refractivity contribution < 1.29 is 27.6 Å². The van der Waals surface area contributed by atoms with Crippen LogP contribution in [0.3, 0.4) is 0 Å². The Bertz CT molecular complexity index is 1180. The number of benzene rings is 1. The van der Waals surface area contributed by atoms with Gasteiger partial charge in [0.15, 0.2) is 0 Å². The molecule has 0 spiro atoms. The molecule has 192 valence electrons. The van der Waals surface area contributed by atoms with Crippen molar-refractivity contribution in [2.45, 2.75) is 51.4 Å².